The van der Waals surface area contributed by atoms with E-state index in [0.717, 1.165) is 28.7 Å². The van der Waals surface area contributed by atoms with Crippen LogP contribution in [0.25, 0.3) is 11.0 Å². The minimum atomic E-state index is -0.360. The van der Waals surface area contributed by atoms with E-state index in [9.17, 15) is 9.59 Å². The summed E-state index contributed by atoms with van der Waals surface area (Å²) in [6.45, 7) is 4.25. The number of hydrogen-bond acceptors (Lipinski definition) is 4. The Kier molecular flexibility index (Phi) is 8.14. The third-order valence-corrected chi connectivity index (χ3v) is 7.16. The zero-order chi connectivity index (χ0) is 26.3. The average molecular weight is 510 g/mol. The highest BCUT2D eigenvalue weighted by molar-refractivity contribution is 5.96. The number of hydrogen-bond donors (Lipinski definition) is 1. The van der Waals surface area contributed by atoms with E-state index in [1.165, 1.54) is 37.9 Å². The van der Waals surface area contributed by atoms with E-state index in [2.05, 4.69) is 39.5 Å². The lowest BCUT2D eigenvalue weighted by Crippen LogP contribution is -2.38. The summed E-state index contributed by atoms with van der Waals surface area (Å²) < 4.78 is 1.90. The highest BCUT2D eigenvalue weighted by atomic mass is 16.2. The third-order valence-electron chi connectivity index (χ3n) is 7.16. The van der Waals surface area contributed by atoms with Crippen molar-refractivity contribution >= 4 is 22.8 Å². The maximum atomic E-state index is 13.1. The van der Waals surface area contributed by atoms with E-state index in [4.69, 9.17) is 0 Å². The Morgan fingerprint density at radius 3 is 2.24 bits per heavy atom. The van der Waals surface area contributed by atoms with Crippen LogP contribution in [0.15, 0.2) is 78.9 Å². The smallest absolute Gasteiger partial charge is 0.287 e. The van der Waals surface area contributed by atoms with E-state index in [1.807, 2.05) is 59.2 Å². The molecule has 38 heavy (non-hydrogen) atoms. The van der Waals surface area contributed by atoms with Crippen LogP contribution >= 0.6 is 0 Å². The van der Waals surface area contributed by atoms with Gasteiger partial charge in [0.1, 0.15) is 0 Å². The number of piperidine rings is 1. The lowest BCUT2D eigenvalue weighted by atomic mass is 10.1. The van der Waals surface area contributed by atoms with E-state index >= 15 is 0 Å². The topological polar surface area (TPSA) is 70.5 Å². The number of para-hydroxylation sites is 2. The van der Waals surface area contributed by atoms with E-state index in [1.54, 1.807) is 11.9 Å². The summed E-state index contributed by atoms with van der Waals surface area (Å²) >= 11 is 0. The van der Waals surface area contributed by atoms with Crippen LogP contribution in [-0.4, -0.2) is 57.8 Å². The SMILES string of the molecule is CN(Cc1ccc(CN2CCCCC2)cc1)C(=O)CNC(=O)c1nc2ccccc2n1Cc1ccccc1. The number of carbonyl (C=O) groups excluding carboxylic acids is 2. The summed E-state index contributed by atoms with van der Waals surface area (Å²) in [7, 11) is 1.76. The molecule has 4 aromatic rings. The standard InChI is InChI=1S/C31H35N5O2/c1-34(21-25-14-16-26(17-15-25)22-35-18-8-3-9-19-35)29(37)20-32-31(38)30-33-27-12-6-7-13-28(27)36(30)23-24-10-4-2-5-11-24/h2,4-7,10-17H,3,8-9,18-23H2,1H3,(H,32,38). The molecular weight excluding hydrogens is 474 g/mol. The predicted octanol–water partition coefficient (Wildman–Crippen LogP) is 4.46. The Morgan fingerprint density at radius 2 is 1.47 bits per heavy atom. The molecule has 3 aromatic carbocycles. The fraction of sp³-hybridized carbons (Fsp3) is 0.323. The second-order valence-electron chi connectivity index (χ2n) is 10.1. The average Bonchev–Trinajstić information content (AvgIpc) is 3.32. The van der Waals surface area contributed by atoms with Gasteiger partial charge >= 0.3 is 0 Å². The minimum Gasteiger partial charge on any atom is -0.340 e. The van der Waals surface area contributed by atoms with Crippen LogP contribution in [0.4, 0.5) is 0 Å². The van der Waals surface area contributed by atoms with Gasteiger partial charge in [0.2, 0.25) is 5.91 Å². The Labute approximate surface area is 224 Å². The van der Waals surface area contributed by atoms with Crippen molar-refractivity contribution in [3.8, 4) is 0 Å². The van der Waals surface area contributed by atoms with Crippen LogP contribution in [0.1, 0.15) is 46.6 Å². The van der Waals surface area contributed by atoms with Gasteiger partial charge in [0.25, 0.3) is 5.91 Å². The lowest BCUT2D eigenvalue weighted by Gasteiger charge is -2.26. The summed E-state index contributed by atoms with van der Waals surface area (Å²) in [6, 6.07) is 26.1. The molecule has 2 amide bonds. The lowest BCUT2D eigenvalue weighted by molar-refractivity contribution is -0.129. The summed E-state index contributed by atoms with van der Waals surface area (Å²) in [4.78, 5) is 34.7. The zero-order valence-corrected chi connectivity index (χ0v) is 22.0. The molecule has 0 saturated carbocycles. The molecule has 5 rings (SSSR count). The first-order valence-electron chi connectivity index (χ1n) is 13.4. The summed E-state index contributed by atoms with van der Waals surface area (Å²) in [5.41, 5.74) is 5.08. The molecule has 0 radical (unpaired) electrons. The van der Waals surface area contributed by atoms with E-state index in [0.29, 0.717) is 18.9 Å². The number of imidazole rings is 1. The number of rotatable bonds is 9. The van der Waals surface area contributed by atoms with Gasteiger partial charge in [0.05, 0.1) is 17.6 Å². The number of fused-ring (bicyclic) bond motifs is 1. The van der Waals surface area contributed by atoms with Gasteiger partial charge in [0, 0.05) is 26.7 Å². The molecule has 0 bridgehead atoms. The first-order valence-corrected chi connectivity index (χ1v) is 13.4. The molecule has 1 saturated heterocycles. The van der Waals surface area contributed by atoms with Gasteiger partial charge in [-0.2, -0.15) is 0 Å². The number of likely N-dealkylation sites (tertiary alicyclic amines) is 1. The summed E-state index contributed by atoms with van der Waals surface area (Å²) in [5.74, 6) is -0.211. The normalized spacial score (nSPS) is 13.9. The van der Waals surface area contributed by atoms with Gasteiger partial charge in [-0.3, -0.25) is 14.5 Å². The zero-order valence-electron chi connectivity index (χ0n) is 22.0. The molecule has 1 aliphatic rings. The van der Waals surface area contributed by atoms with Crippen molar-refractivity contribution in [1.82, 2.24) is 24.7 Å². The summed E-state index contributed by atoms with van der Waals surface area (Å²) in [5, 5.41) is 2.79. The van der Waals surface area contributed by atoms with E-state index < -0.39 is 0 Å². The Balaban J connectivity index is 1.18. The van der Waals surface area contributed by atoms with Crippen LogP contribution in [0.5, 0.6) is 0 Å². The number of nitrogens with one attached hydrogen (secondary N) is 1. The van der Waals surface area contributed by atoms with Crippen molar-refractivity contribution in [2.24, 2.45) is 0 Å². The third kappa shape index (κ3) is 6.29. The minimum absolute atomic E-state index is 0.0864. The molecule has 7 heteroatoms. The Hall–Kier alpha value is -3.97. The van der Waals surface area contributed by atoms with Gasteiger partial charge in [-0.1, -0.05) is 73.2 Å². The molecule has 1 aromatic heterocycles. The number of nitrogens with zero attached hydrogens (tertiary/aromatic N) is 4. The first-order chi connectivity index (χ1) is 18.6. The fourth-order valence-electron chi connectivity index (χ4n) is 5.03. The number of benzene rings is 3. The van der Waals surface area contributed by atoms with Crippen LogP contribution in [0.3, 0.4) is 0 Å². The molecule has 1 N–H and O–H groups in total. The molecule has 0 unspecified atom stereocenters. The Bertz CT molecular complexity index is 1370. The first kappa shape index (κ1) is 25.7. The van der Waals surface area contributed by atoms with Crippen LogP contribution in [-0.2, 0) is 24.4 Å². The molecule has 196 valence electrons. The maximum absolute atomic E-state index is 13.1. The van der Waals surface area contributed by atoms with Crippen molar-refractivity contribution in [2.75, 3.05) is 26.7 Å². The highest BCUT2D eigenvalue weighted by Gasteiger charge is 2.19. The largest absolute Gasteiger partial charge is 0.340 e. The molecule has 0 atom stereocenters. The highest BCUT2D eigenvalue weighted by Crippen LogP contribution is 2.18. The monoisotopic (exact) mass is 509 g/mol. The van der Waals surface area contributed by atoms with Crippen molar-refractivity contribution in [3.63, 3.8) is 0 Å². The van der Waals surface area contributed by atoms with Gasteiger partial charge < -0.3 is 14.8 Å². The molecular formula is C31H35N5O2. The molecule has 0 spiro atoms. The second kappa shape index (κ2) is 12.0. The fourth-order valence-corrected chi connectivity index (χ4v) is 5.03. The molecule has 7 nitrogen and oxygen atoms in total. The van der Waals surface area contributed by atoms with Gasteiger partial charge in [-0.25, -0.2) is 4.98 Å². The number of amides is 2. The quantitative estimate of drug-likeness (QED) is 0.362. The van der Waals surface area contributed by atoms with Gasteiger partial charge in [-0.15, -0.1) is 0 Å². The van der Waals surface area contributed by atoms with E-state index in [-0.39, 0.29) is 18.4 Å². The molecule has 2 heterocycles. The number of carbonyl (C=O) groups is 2. The number of aromatic nitrogens is 2. The maximum Gasteiger partial charge on any atom is 0.287 e. The predicted molar refractivity (Wildman–Crippen MR) is 150 cm³/mol. The summed E-state index contributed by atoms with van der Waals surface area (Å²) in [6.07, 6.45) is 3.91. The number of likely N-dealkylation sites (N-methyl/N-ethyl adjacent to an activating group) is 1. The Morgan fingerprint density at radius 1 is 0.816 bits per heavy atom. The van der Waals surface area contributed by atoms with Gasteiger partial charge in [-0.05, 0) is 54.8 Å². The van der Waals surface area contributed by atoms with Crippen molar-refractivity contribution in [2.45, 2.75) is 38.9 Å². The van der Waals surface area contributed by atoms with Gasteiger partial charge in [0.15, 0.2) is 5.82 Å². The van der Waals surface area contributed by atoms with Crippen LogP contribution < -0.4 is 5.32 Å². The molecule has 0 aliphatic carbocycles. The molecule has 1 fully saturated rings. The van der Waals surface area contributed by atoms with Crippen molar-refractivity contribution < 1.29 is 9.59 Å². The second-order valence-corrected chi connectivity index (χ2v) is 10.1. The van der Waals surface area contributed by atoms with Crippen molar-refractivity contribution in [1.29, 1.82) is 0 Å². The van der Waals surface area contributed by atoms with Crippen LogP contribution in [0, 0.1) is 0 Å². The van der Waals surface area contributed by atoms with Crippen LogP contribution in [0.2, 0.25) is 0 Å². The van der Waals surface area contributed by atoms with Crippen molar-refractivity contribution in [3.05, 3.63) is 101 Å². The molecule has 1 aliphatic heterocycles.